The lowest BCUT2D eigenvalue weighted by Crippen LogP contribution is -2.50. The number of furan rings is 1. The fourth-order valence-electron chi connectivity index (χ4n) is 3.30. The van der Waals surface area contributed by atoms with E-state index in [9.17, 15) is 14.4 Å². The van der Waals surface area contributed by atoms with E-state index in [-0.39, 0.29) is 23.6 Å². The van der Waals surface area contributed by atoms with E-state index >= 15 is 0 Å². The minimum atomic E-state index is -0.144. The molecule has 0 atom stereocenters. The first-order valence-electron chi connectivity index (χ1n) is 9.60. The molecule has 0 unspecified atom stereocenters. The van der Waals surface area contributed by atoms with Gasteiger partial charge < -0.3 is 19.5 Å². The molecule has 2 aromatic rings. The molecule has 2 fully saturated rings. The number of carbonyl (C=O) groups is 3. The number of nitrogens with zero attached hydrogens (tertiary/aromatic N) is 2. The summed E-state index contributed by atoms with van der Waals surface area (Å²) in [5.41, 5.74) is 1.59. The van der Waals surface area contributed by atoms with E-state index in [0.29, 0.717) is 44.0 Å². The molecule has 0 radical (unpaired) electrons. The van der Waals surface area contributed by atoms with Crippen molar-refractivity contribution in [3.05, 3.63) is 59.5 Å². The van der Waals surface area contributed by atoms with Gasteiger partial charge in [0.15, 0.2) is 5.76 Å². The number of carbonyl (C=O) groups excluding carboxylic acids is 3. The highest BCUT2D eigenvalue weighted by Crippen LogP contribution is 2.28. The molecule has 1 aromatic heterocycles. The fraction of sp³-hybridized carbons (Fsp3) is 0.381. The van der Waals surface area contributed by atoms with Crippen LogP contribution in [0.25, 0.3) is 0 Å². The molecule has 1 aromatic carbocycles. The summed E-state index contributed by atoms with van der Waals surface area (Å²) in [4.78, 5) is 40.2. The Morgan fingerprint density at radius 3 is 2.14 bits per heavy atom. The smallest absolute Gasteiger partial charge is 0.289 e. The zero-order valence-electron chi connectivity index (χ0n) is 15.6. The van der Waals surface area contributed by atoms with Crippen LogP contribution in [0.1, 0.15) is 39.3 Å². The average Bonchev–Trinajstić information content (AvgIpc) is 3.45. The summed E-state index contributed by atoms with van der Waals surface area (Å²) in [6, 6.07) is 10.7. The predicted molar refractivity (Wildman–Crippen MR) is 102 cm³/mol. The van der Waals surface area contributed by atoms with Crippen molar-refractivity contribution in [1.29, 1.82) is 0 Å². The Hall–Kier alpha value is -3.09. The van der Waals surface area contributed by atoms with Crippen LogP contribution in [0, 0.1) is 5.92 Å². The van der Waals surface area contributed by atoms with E-state index in [4.69, 9.17) is 4.42 Å². The van der Waals surface area contributed by atoms with Crippen molar-refractivity contribution >= 4 is 17.7 Å². The monoisotopic (exact) mass is 381 g/mol. The molecule has 1 aliphatic heterocycles. The molecule has 2 heterocycles. The van der Waals surface area contributed by atoms with Gasteiger partial charge in [-0.3, -0.25) is 14.4 Å². The Morgan fingerprint density at radius 2 is 1.57 bits per heavy atom. The second-order valence-corrected chi connectivity index (χ2v) is 7.25. The van der Waals surface area contributed by atoms with Gasteiger partial charge in [0.25, 0.3) is 11.8 Å². The minimum absolute atomic E-state index is 0.0429. The van der Waals surface area contributed by atoms with Crippen molar-refractivity contribution in [3.8, 4) is 0 Å². The lowest BCUT2D eigenvalue weighted by Gasteiger charge is -2.34. The van der Waals surface area contributed by atoms with Crippen LogP contribution in [0.3, 0.4) is 0 Å². The summed E-state index contributed by atoms with van der Waals surface area (Å²) >= 11 is 0. The highest BCUT2D eigenvalue weighted by atomic mass is 16.3. The maximum atomic E-state index is 12.7. The van der Waals surface area contributed by atoms with Crippen LogP contribution in [-0.2, 0) is 11.3 Å². The zero-order chi connectivity index (χ0) is 19.5. The number of hydrogen-bond acceptors (Lipinski definition) is 4. The van der Waals surface area contributed by atoms with Gasteiger partial charge in [-0.05, 0) is 42.7 Å². The van der Waals surface area contributed by atoms with E-state index in [1.54, 1.807) is 34.1 Å². The molecular formula is C21H23N3O4. The number of amides is 3. The van der Waals surface area contributed by atoms with Crippen molar-refractivity contribution in [1.82, 2.24) is 15.1 Å². The molecule has 28 heavy (non-hydrogen) atoms. The molecule has 1 saturated heterocycles. The second-order valence-electron chi connectivity index (χ2n) is 7.25. The Labute approximate surface area is 163 Å². The first-order chi connectivity index (χ1) is 13.6. The van der Waals surface area contributed by atoms with Gasteiger partial charge in [-0.15, -0.1) is 0 Å². The van der Waals surface area contributed by atoms with Crippen molar-refractivity contribution in [2.45, 2.75) is 19.4 Å². The Kier molecular flexibility index (Phi) is 5.14. The van der Waals surface area contributed by atoms with E-state index in [1.165, 1.54) is 6.26 Å². The highest BCUT2D eigenvalue weighted by molar-refractivity contribution is 5.95. The minimum Gasteiger partial charge on any atom is -0.459 e. The SMILES string of the molecule is O=C(NCc1ccc(C(=O)N2CCN(C(=O)c3ccco3)CC2)cc1)C1CC1. The number of hydrogen-bond donors (Lipinski definition) is 1. The van der Waals surface area contributed by atoms with Gasteiger partial charge in [-0.1, -0.05) is 12.1 Å². The summed E-state index contributed by atoms with van der Waals surface area (Å²) in [5, 5.41) is 2.92. The predicted octanol–water partition coefficient (Wildman–Crippen LogP) is 1.90. The van der Waals surface area contributed by atoms with Crippen LogP contribution < -0.4 is 5.32 Å². The zero-order valence-corrected chi connectivity index (χ0v) is 15.6. The third kappa shape index (κ3) is 4.08. The third-order valence-corrected chi connectivity index (χ3v) is 5.20. The van der Waals surface area contributed by atoms with Crippen LogP contribution in [0.5, 0.6) is 0 Å². The molecule has 7 heteroatoms. The molecule has 1 N–H and O–H groups in total. The normalized spacial score (nSPS) is 16.7. The number of benzene rings is 1. The molecular weight excluding hydrogens is 358 g/mol. The number of nitrogens with one attached hydrogen (secondary N) is 1. The topological polar surface area (TPSA) is 82.9 Å². The molecule has 3 amide bonds. The summed E-state index contributed by atoms with van der Waals surface area (Å²) in [6.45, 7) is 2.43. The maximum Gasteiger partial charge on any atom is 0.289 e. The molecule has 7 nitrogen and oxygen atoms in total. The first-order valence-corrected chi connectivity index (χ1v) is 9.60. The van der Waals surface area contributed by atoms with Gasteiger partial charge in [-0.25, -0.2) is 0 Å². The molecule has 0 spiro atoms. The second kappa shape index (κ2) is 7.88. The molecule has 0 bridgehead atoms. The van der Waals surface area contributed by atoms with E-state index in [0.717, 1.165) is 18.4 Å². The maximum absolute atomic E-state index is 12.7. The Balaban J connectivity index is 1.28. The molecule has 1 saturated carbocycles. The summed E-state index contributed by atoms with van der Waals surface area (Å²) < 4.78 is 5.16. The van der Waals surface area contributed by atoms with E-state index < -0.39 is 0 Å². The fourth-order valence-corrected chi connectivity index (χ4v) is 3.30. The van der Waals surface area contributed by atoms with Gasteiger partial charge in [0.2, 0.25) is 5.91 Å². The molecule has 2 aliphatic rings. The Bertz CT molecular complexity index is 848. The largest absolute Gasteiger partial charge is 0.459 e. The van der Waals surface area contributed by atoms with Crippen molar-refractivity contribution in [2.75, 3.05) is 26.2 Å². The van der Waals surface area contributed by atoms with Gasteiger partial charge in [-0.2, -0.15) is 0 Å². The summed E-state index contributed by atoms with van der Waals surface area (Å²) in [7, 11) is 0. The number of piperazine rings is 1. The van der Waals surface area contributed by atoms with Crippen molar-refractivity contribution in [3.63, 3.8) is 0 Å². The van der Waals surface area contributed by atoms with E-state index in [1.807, 2.05) is 12.1 Å². The van der Waals surface area contributed by atoms with Gasteiger partial charge in [0, 0.05) is 44.2 Å². The highest BCUT2D eigenvalue weighted by Gasteiger charge is 2.29. The quantitative estimate of drug-likeness (QED) is 0.858. The Morgan fingerprint density at radius 1 is 0.929 bits per heavy atom. The standard InChI is InChI=1S/C21H23N3O4/c25-19(16-7-8-16)22-14-15-3-5-17(6-4-15)20(26)23-9-11-24(12-10-23)21(27)18-2-1-13-28-18/h1-6,13,16H,7-12,14H2,(H,22,25). The first kappa shape index (κ1) is 18.3. The molecule has 4 rings (SSSR count). The van der Waals surface area contributed by atoms with Crippen LogP contribution in [-0.4, -0.2) is 53.7 Å². The molecule has 1 aliphatic carbocycles. The lowest BCUT2D eigenvalue weighted by molar-refractivity contribution is -0.122. The van der Waals surface area contributed by atoms with Crippen LogP contribution in [0.15, 0.2) is 47.1 Å². The van der Waals surface area contributed by atoms with Crippen LogP contribution in [0.4, 0.5) is 0 Å². The summed E-state index contributed by atoms with van der Waals surface area (Å²) in [6.07, 6.45) is 3.45. The third-order valence-electron chi connectivity index (χ3n) is 5.20. The van der Waals surface area contributed by atoms with Crippen LogP contribution in [0.2, 0.25) is 0 Å². The van der Waals surface area contributed by atoms with Gasteiger partial charge >= 0.3 is 0 Å². The van der Waals surface area contributed by atoms with Crippen LogP contribution >= 0.6 is 0 Å². The molecule has 146 valence electrons. The van der Waals surface area contributed by atoms with Crippen molar-refractivity contribution in [2.24, 2.45) is 5.92 Å². The van der Waals surface area contributed by atoms with Gasteiger partial charge in [0.1, 0.15) is 0 Å². The average molecular weight is 381 g/mol. The van der Waals surface area contributed by atoms with Gasteiger partial charge in [0.05, 0.1) is 6.26 Å². The van der Waals surface area contributed by atoms with E-state index in [2.05, 4.69) is 5.32 Å². The van der Waals surface area contributed by atoms with Crippen molar-refractivity contribution < 1.29 is 18.8 Å². The lowest BCUT2D eigenvalue weighted by atomic mass is 10.1. The number of rotatable bonds is 5. The summed E-state index contributed by atoms with van der Waals surface area (Å²) in [5.74, 6) is 0.443.